The Labute approximate surface area is 248 Å². The van der Waals surface area contributed by atoms with E-state index in [4.69, 9.17) is 11.6 Å². The van der Waals surface area contributed by atoms with E-state index in [1.54, 1.807) is 17.9 Å². The molecule has 0 aliphatic carbocycles. The summed E-state index contributed by atoms with van der Waals surface area (Å²) >= 11 is 7.68. The first-order valence-corrected chi connectivity index (χ1v) is 15.1. The molecule has 2 atom stereocenters. The molecule has 0 aromatic heterocycles. The number of rotatable bonds is 9. The van der Waals surface area contributed by atoms with E-state index in [9.17, 15) is 18.4 Å². The van der Waals surface area contributed by atoms with Gasteiger partial charge < -0.3 is 15.1 Å². The Kier molecular flexibility index (Phi) is 9.47. The minimum absolute atomic E-state index is 0.156. The average Bonchev–Trinajstić information content (AvgIpc) is 2.98. The molecule has 0 bridgehead atoms. The number of benzene rings is 3. The van der Waals surface area contributed by atoms with Crippen LogP contribution in [0, 0.1) is 17.6 Å². The first kappa shape index (κ1) is 29.4. The van der Waals surface area contributed by atoms with E-state index in [0.717, 1.165) is 55.4 Å². The third-order valence-electron chi connectivity index (χ3n) is 7.65. The lowest BCUT2D eigenvalue weighted by molar-refractivity contribution is -0.128. The molecular formula is C31H33ClF2N4O2S. The van der Waals surface area contributed by atoms with Crippen molar-refractivity contribution in [3.8, 4) is 0 Å². The fourth-order valence-corrected chi connectivity index (χ4v) is 6.75. The van der Waals surface area contributed by atoms with Gasteiger partial charge in [0.15, 0.2) is 0 Å². The molecule has 41 heavy (non-hydrogen) atoms. The number of para-hydroxylation sites is 1. The van der Waals surface area contributed by atoms with Gasteiger partial charge in [0.2, 0.25) is 11.8 Å². The van der Waals surface area contributed by atoms with Crippen LogP contribution in [-0.2, 0) is 16.1 Å². The van der Waals surface area contributed by atoms with Crippen molar-refractivity contribution < 1.29 is 18.4 Å². The molecule has 2 amide bonds. The molecule has 0 radical (unpaired) electrons. The largest absolute Gasteiger partial charge is 0.369 e. The second-order valence-electron chi connectivity index (χ2n) is 10.4. The van der Waals surface area contributed by atoms with Crippen LogP contribution in [0.1, 0.15) is 18.9 Å². The third kappa shape index (κ3) is 7.02. The Morgan fingerprint density at radius 3 is 2.46 bits per heavy atom. The maximum Gasteiger partial charge on any atom is 0.241 e. The Balaban J connectivity index is 1.13. The van der Waals surface area contributed by atoms with Crippen LogP contribution >= 0.6 is 23.4 Å². The number of fused-ring (bicyclic) bond motifs is 1. The zero-order valence-electron chi connectivity index (χ0n) is 22.9. The summed E-state index contributed by atoms with van der Waals surface area (Å²) in [5, 5.41) is 2.69. The van der Waals surface area contributed by atoms with Crippen molar-refractivity contribution in [2.45, 2.75) is 30.0 Å². The molecule has 2 aliphatic rings. The van der Waals surface area contributed by atoms with Gasteiger partial charge in [0.25, 0.3) is 0 Å². The monoisotopic (exact) mass is 598 g/mol. The minimum atomic E-state index is -0.594. The summed E-state index contributed by atoms with van der Waals surface area (Å²) in [6.45, 7) is 6.92. The molecule has 5 rings (SSSR count). The molecular weight excluding hydrogens is 566 g/mol. The second kappa shape index (κ2) is 13.2. The highest BCUT2D eigenvalue weighted by Crippen LogP contribution is 2.42. The summed E-state index contributed by atoms with van der Waals surface area (Å²) < 4.78 is 26.8. The quantitative estimate of drug-likeness (QED) is 0.326. The summed E-state index contributed by atoms with van der Waals surface area (Å²) in [5.74, 6) is -1.54. The number of thioether (sulfide) groups is 1. The smallest absolute Gasteiger partial charge is 0.241 e. The molecule has 2 aliphatic heterocycles. The van der Waals surface area contributed by atoms with Crippen LogP contribution in [0.4, 0.5) is 20.2 Å². The van der Waals surface area contributed by atoms with E-state index < -0.39 is 17.0 Å². The van der Waals surface area contributed by atoms with E-state index in [1.165, 1.54) is 36.0 Å². The number of halogens is 3. The van der Waals surface area contributed by atoms with Gasteiger partial charge in [-0.2, -0.15) is 0 Å². The predicted octanol–water partition coefficient (Wildman–Crippen LogP) is 5.59. The molecule has 2 unspecified atom stereocenters. The Bertz CT molecular complexity index is 1380. The van der Waals surface area contributed by atoms with Gasteiger partial charge in [-0.3, -0.25) is 14.5 Å². The summed E-state index contributed by atoms with van der Waals surface area (Å²) in [6.07, 6.45) is 0.804. The highest BCUT2D eigenvalue weighted by Gasteiger charge is 2.39. The fourth-order valence-electron chi connectivity index (χ4n) is 5.23. The standard InChI is InChI=1S/C31H33ClF2N4O2S/c1-21(30(39)35-13-4-14-36-15-17-37(18-16-36)25-11-9-23(33)10-12-25)29-31(40)38(27-5-2-3-6-28(27)41-29)20-22-7-8-24(34)19-26(22)32/h2-3,5-12,19,21,29H,4,13-18,20H2,1H3,(H,35,39). The molecule has 0 spiro atoms. The van der Waals surface area contributed by atoms with Gasteiger partial charge in [-0.05, 0) is 67.1 Å². The van der Waals surface area contributed by atoms with Crippen LogP contribution < -0.4 is 15.1 Å². The lowest BCUT2D eigenvalue weighted by Crippen LogP contribution is -2.48. The van der Waals surface area contributed by atoms with Crippen molar-refractivity contribution in [3.63, 3.8) is 0 Å². The number of carbonyl (C=O) groups excluding carboxylic acids is 2. The first-order valence-electron chi connectivity index (χ1n) is 13.8. The van der Waals surface area contributed by atoms with E-state index >= 15 is 0 Å². The van der Waals surface area contributed by atoms with Gasteiger partial charge >= 0.3 is 0 Å². The highest BCUT2D eigenvalue weighted by molar-refractivity contribution is 8.01. The molecule has 3 aromatic rings. The van der Waals surface area contributed by atoms with Gasteiger partial charge in [0.05, 0.1) is 18.2 Å². The van der Waals surface area contributed by atoms with Crippen molar-refractivity contribution >= 4 is 46.6 Å². The summed E-state index contributed by atoms with van der Waals surface area (Å²) in [7, 11) is 0. The fraction of sp³-hybridized carbons (Fsp3) is 0.355. The Morgan fingerprint density at radius 1 is 1.02 bits per heavy atom. The van der Waals surface area contributed by atoms with E-state index in [-0.39, 0.29) is 29.2 Å². The number of hydrogen-bond acceptors (Lipinski definition) is 5. The third-order valence-corrected chi connectivity index (χ3v) is 9.46. The van der Waals surface area contributed by atoms with Crippen LogP contribution in [0.5, 0.6) is 0 Å². The number of anilines is 2. The van der Waals surface area contributed by atoms with Crippen LogP contribution in [-0.4, -0.2) is 61.2 Å². The summed E-state index contributed by atoms with van der Waals surface area (Å²) in [4.78, 5) is 34.0. The van der Waals surface area contributed by atoms with Crippen LogP contribution in [0.25, 0.3) is 0 Å². The number of carbonyl (C=O) groups is 2. The van der Waals surface area contributed by atoms with Gasteiger partial charge in [0, 0.05) is 48.3 Å². The van der Waals surface area contributed by atoms with Gasteiger partial charge in [-0.1, -0.05) is 36.7 Å². The molecule has 2 heterocycles. The lowest BCUT2D eigenvalue weighted by Gasteiger charge is -2.36. The van der Waals surface area contributed by atoms with Crippen molar-refractivity contribution in [2.75, 3.05) is 49.1 Å². The average molecular weight is 599 g/mol. The number of hydrogen-bond donors (Lipinski definition) is 1. The minimum Gasteiger partial charge on any atom is -0.369 e. The van der Waals surface area contributed by atoms with E-state index in [1.807, 2.05) is 36.4 Å². The normalized spacial score (nSPS) is 18.2. The molecule has 0 saturated carbocycles. The van der Waals surface area contributed by atoms with E-state index in [0.29, 0.717) is 12.1 Å². The zero-order valence-corrected chi connectivity index (χ0v) is 24.4. The topological polar surface area (TPSA) is 55.9 Å². The van der Waals surface area contributed by atoms with Crippen LogP contribution in [0.3, 0.4) is 0 Å². The van der Waals surface area contributed by atoms with Crippen molar-refractivity contribution in [3.05, 3.63) is 89.0 Å². The zero-order chi connectivity index (χ0) is 28.9. The van der Waals surface area contributed by atoms with Crippen molar-refractivity contribution in [1.29, 1.82) is 0 Å². The summed E-state index contributed by atoms with van der Waals surface area (Å²) in [6, 6.07) is 18.3. The predicted molar refractivity (Wildman–Crippen MR) is 161 cm³/mol. The molecule has 1 fully saturated rings. The molecule has 216 valence electrons. The van der Waals surface area contributed by atoms with Crippen molar-refractivity contribution in [1.82, 2.24) is 10.2 Å². The van der Waals surface area contributed by atoms with Crippen LogP contribution in [0.2, 0.25) is 5.02 Å². The van der Waals surface area contributed by atoms with Gasteiger partial charge in [-0.15, -0.1) is 11.8 Å². The number of piperazine rings is 1. The molecule has 3 aromatic carbocycles. The molecule has 1 saturated heterocycles. The van der Waals surface area contributed by atoms with E-state index in [2.05, 4.69) is 15.1 Å². The molecule has 6 nitrogen and oxygen atoms in total. The SMILES string of the molecule is CC(C(=O)NCCCN1CCN(c2ccc(F)cc2)CC1)C1Sc2ccccc2N(Cc2ccc(F)cc2Cl)C1=O. The number of nitrogens with zero attached hydrogens (tertiary/aromatic N) is 3. The maximum atomic E-state index is 13.7. The van der Waals surface area contributed by atoms with Gasteiger partial charge in [-0.25, -0.2) is 8.78 Å². The van der Waals surface area contributed by atoms with Gasteiger partial charge in [0.1, 0.15) is 16.9 Å². The number of nitrogens with one attached hydrogen (secondary N) is 1. The molecule has 10 heteroatoms. The van der Waals surface area contributed by atoms with Crippen molar-refractivity contribution in [2.24, 2.45) is 5.92 Å². The maximum absolute atomic E-state index is 13.7. The molecule has 1 N–H and O–H groups in total. The lowest BCUT2D eigenvalue weighted by atomic mass is 10.0. The van der Waals surface area contributed by atoms with Crippen LogP contribution in [0.15, 0.2) is 71.6 Å². The Morgan fingerprint density at radius 2 is 1.73 bits per heavy atom. The highest BCUT2D eigenvalue weighted by atomic mass is 35.5. The first-order chi connectivity index (χ1) is 19.8. The second-order valence-corrected chi connectivity index (χ2v) is 12.0. The Hall–Kier alpha value is -3.14. The number of amides is 2. The summed E-state index contributed by atoms with van der Waals surface area (Å²) in [5.41, 5.74) is 2.42.